The fourth-order valence-electron chi connectivity index (χ4n) is 2.39. The van der Waals surface area contributed by atoms with Crippen LogP contribution in [0.1, 0.15) is 12.0 Å². The molecule has 0 saturated heterocycles. The van der Waals surface area contributed by atoms with Crippen molar-refractivity contribution in [1.29, 1.82) is 0 Å². The SMILES string of the molecule is O=C1Nc2cccc(Cl)c2NC1CCc1ccccc1. The average molecular weight is 287 g/mol. The molecule has 2 aromatic rings. The number of rotatable bonds is 3. The predicted molar refractivity (Wildman–Crippen MR) is 82.3 cm³/mol. The molecule has 1 aliphatic heterocycles. The van der Waals surface area contributed by atoms with Crippen LogP contribution in [-0.4, -0.2) is 11.9 Å². The van der Waals surface area contributed by atoms with Gasteiger partial charge in [0.05, 0.1) is 16.4 Å². The topological polar surface area (TPSA) is 41.1 Å². The highest BCUT2D eigenvalue weighted by Crippen LogP contribution is 2.34. The Hall–Kier alpha value is -2.00. The number of anilines is 2. The van der Waals surface area contributed by atoms with Crippen LogP contribution in [-0.2, 0) is 11.2 Å². The second-order valence-electron chi connectivity index (χ2n) is 4.87. The first kappa shape index (κ1) is 13.0. The van der Waals surface area contributed by atoms with E-state index in [0.717, 1.165) is 24.2 Å². The molecule has 0 bridgehead atoms. The third-order valence-corrected chi connectivity index (χ3v) is 3.79. The van der Waals surface area contributed by atoms with Crippen LogP contribution in [0.5, 0.6) is 0 Å². The smallest absolute Gasteiger partial charge is 0.246 e. The number of carbonyl (C=O) groups is 1. The van der Waals surface area contributed by atoms with Crippen LogP contribution in [0.4, 0.5) is 11.4 Å². The molecule has 0 aliphatic carbocycles. The molecular weight excluding hydrogens is 272 g/mol. The minimum atomic E-state index is -0.248. The van der Waals surface area contributed by atoms with Crippen LogP contribution in [0.25, 0.3) is 0 Å². The Labute approximate surface area is 123 Å². The average Bonchev–Trinajstić information content (AvgIpc) is 2.47. The molecule has 2 aromatic carbocycles. The molecular formula is C16H15ClN2O. The number of carbonyl (C=O) groups excluding carboxylic acids is 1. The van der Waals surface area contributed by atoms with E-state index < -0.39 is 0 Å². The third kappa shape index (κ3) is 2.63. The monoisotopic (exact) mass is 286 g/mol. The lowest BCUT2D eigenvalue weighted by atomic mass is 10.0. The number of fused-ring (bicyclic) bond motifs is 1. The number of para-hydroxylation sites is 1. The molecule has 102 valence electrons. The molecule has 1 amide bonds. The molecule has 3 nitrogen and oxygen atoms in total. The van der Waals surface area contributed by atoms with Gasteiger partial charge >= 0.3 is 0 Å². The van der Waals surface area contributed by atoms with Crippen molar-refractivity contribution in [3.05, 3.63) is 59.1 Å². The van der Waals surface area contributed by atoms with Crippen molar-refractivity contribution >= 4 is 28.9 Å². The first-order valence-electron chi connectivity index (χ1n) is 6.64. The Morgan fingerprint density at radius 2 is 1.85 bits per heavy atom. The molecule has 0 aromatic heterocycles. The molecule has 1 atom stereocenters. The van der Waals surface area contributed by atoms with Gasteiger partial charge in [0.25, 0.3) is 0 Å². The summed E-state index contributed by atoms with van der Waals surface area (Å²) in [6, 6.07) is 15.4. The number of hydrogen-bond donors (Lipinski definition) is 2. The van der Waals surface area contributed by atoms with E-state index in [1.807, 2.05) is 36.4 Å². The summed E-state index contributed by atoms with van der Waals surface area (Å²) in [6.45, 7) is 0. The van der Waals surface area contributed by atoms with Crippen LogP contribution >= 0.6 is 11.6 Å². The first-order chi connectivity index (χ1) is 9.74. The number of halogens is 1. The number of nitrogens with one attached hydrogen (secondary N) is 2. The van der Waals surface area contributed by atoms with Crippen molar-refractivity contribution < 1.29 is 4.79 Å². The minimum Gasteiger partial charge on any atom is -0.371 e. The van der Waals surface area contributed by atoms with Crippen molar-refractivity contribution in [2.24, 2.45) is 0 Å². The Kier molecular flexibility index (Phi) is 3.61. The third-order valence-electron chi connectivity index (χ3n) is 3.47. The van der Waals surface area contributed by atoms with Gasteiger partial charge in [-0.15, -0.1) is 0 Å². The van der Waals surface area contributed by atoms with Gasteiger partial charge in [-0.3, -0.25) is 4.79 Å². The molecule has 20 heavy (non-hydrogen) atoms. The molecule has 0 fully saturated rings. The summed E-state index contributed by atoms with van der Waals surface area (Å²) in [4.78, 5) is 12.1. The highest BCUT2D eigenvalue weighted by atomic mass is 35.5. The van der Waals surface area contributed by atoms with Crippen LogP contribution in [0.2, 0.25) is 5.02 Å². The zero-order valence-corrected chi connectivity index (χ0v) is 11.7. The first-order valence-corrected chi connectivity index (χ1v) is 7.01. The number of aryl methyl sites for hydroxylation is 1. The molecule has 0 spiro atoms. The summed E-state index contributed by atoms with van der Waals surface area (Å²) in [5, 5.41) is 6.77. The lowest BCUT2D eigenvalue weighted by Gasteiger charge is -2.27. The van der Waals surface area contributed by atoms with Gasteiger partial charge in [-0.1, -0.05) is 48.0 Å². The number of benzene rings is 2. The van der Waals surface area contributed by atoms with Gasteiger partial charge in [0.2, 0.25) is 5.91 Å². The molecule has 1 heterocycles. The maximum Gasteiger partial charge on any atom is 0.246 e. The van der Waals surface area contributed by atoms with Crippen molar-refractivity contribution in [3.8, 4) is 0 Å². The summed E-state index contributed by atoms with van der Waals surface area (Å²) in [6.07, 6.45) is 1.59. The van der Waals surface area contributed by atoms with Gasteiger partial charge in [-0.05, 0) is 30.5 Å². The van der Waals surface area contributed by atoms with Crippen molar-refractivity contribution in [2.45, 2.75) is 18.9 Å². The van der Waals surface area contributed by atoms with Crippen LogP contribution in [0.15, 0.2) is 48.5 Å². The lowest BCUT2D eigenvalue weighted by Crippen LogP contribution is -2.39. The fourth-order valence-corrected chi connectivity index (χ4v) is 2.62. The van der Waals surface area contributed by atoms with E-state index in [0.29, 0.717) is 5.02 Å². The van der Waals surface area contributed by atoms with Crippen molar-refractivity contribution in [1.82, 2.24) is 0 Å². The normalized spacial score (nSPS) is 17.1. The van der Waals surface area contributed by atoms with E-state index in [1.54, 1.807) is 0 Å². The molecule has 4 heteroatoms. The predicted octanol–water partition coefficient (Wildman–Crippen LogP) is 3.71. The summed E-state index contributed by atoms with van der Waals surface area (Å²) in [7, 11) is 0. The molecule has 0 saturated carbocycles. The van der Waals surface area contributed by atoms with Gasteiger partial charge in [-0.25, -0.2) is 0 Å². The lowest BCUT2D eigenvalue weighted by molar-refractivity contribution is -0.117. The maximum atomic E-state index is 12.1. The van der Waals surface area contributed by atoms with E-state index in [2.05, 4.69) is 22.8 Å². The highest BCUT2D eigenvalue weighted by Gasteiger charge is 2.26. The summed E-state index contributed by atoms with van der Waals surface area (Å²) < 4.78 is 0. The van der Waals surface area contributed by atoms with E-state index in [9.17, 15) is 4.79 Å². The second-order valence-corrected chi connectivity index (χ2v) is 5.28. The Bertz CT molecular complexity index is 628. The second kappa shape index (κ2) is 5.55. The largest absolute Gasteiger partial charge is 0.371 e. The van der Waals surface area contributed by atoms with E-state index in [-0.39, 0.29) is 11.9 Å². The van der Waals surface area contributed by atoms with Crippen molar-refractivity contribution in [2.75, 3.05) is 10.6 Å². The molecule has 1 unspecified atom stereocenters. The van der Waals surface area contributed by atoms with E-state index in [4.69, 9.17) is 11.6 Å². The Morgan fingerprint density at radius 1 is 1.05 bits per heavy atom. The number of hydrogen-bond acceptors (Lipinski definition) is 2. The number of amides is 1. The Morgan fingerprint density at radius 3 is 2.65 bits per heavy atom. The van der Waals surface area contributed by atoms with Gasteiger partial charge in [0, 0.05) is 0 Å². The quantitative estimate of drug-likeness (QED) is 0.903. The van der Waals surface area contributed by atoms with Gasteiger partial charge < -0.3 is 10.6 Å². The van der Waals surface area contributed by atoms with E-state index in [1.165, 1.54) is 5.56 Å². The zero-order chi connectivity index (χ0) is 13.9. The summed E-state index contributed by atoms with van der Waals surface area (Å²) in [5.74, 6) is -0.00398. The van der Waals surface area contributed by atoms with Crippen LogP contribution in [0, 0.1) is 0 Å². The van der Waals surface area contributed by atoms with Crippen molar-refractivity contribution in [3.63, 3.8) is 0 Å². The summed E-state index contributed by atoms with van der Waals surface area (Å²) >= 11 is 6.16. The van der Waals surface area contributed by atoms with Gasteiger partial charge in [0.15, 0.2) is 0 Å². The van der Waals surface area contributed by atoms with Gasteiger partial charge in [-0.2, -0.15) is 0 Å². The van der Waals surface area contributed by atoms with E-state index >= 15 is 0 Å². The molecule has 3 rings (SSSR count). The highest BCUT2D eigenvalue weighted by molar-refractivity contribution is 6.34. The molecule has 1 aliphatic rings. The van der Waals surface area contributed by atoms with Crippen LogP contribution in [0.3, 0.4) is 0 Å². The van der Waals surface area contributed by atoms with Crippen LogP contribution < -0.4 is 10.6 Å². The van der Waals surface area contributed by atoms with Gasteiger partial charge in [0.1, 0.15) is 6.04 Å². The maximum absolute atomic E-state index is 12.1. The molecule has 0 radical (unpaired) electrons. The Balaban J connectivity index is 1.72. The summed E-state index contributed by atoms with van der Waals surface area (Å²) in [5.41, 5.74) is 2.79. The standard InChI is InChI=1S/C16H15ClN2O/c17-12-7-4-8-13-15(12)18-14(16(20)19-13)10-9-11-5-2-1-3-6-11/h1-8,14,18H,9-10H2,(H,19,20). The zero-order valence-electron chi connectivity index (χ0n) is 10.9. The minimum absolute atomic E-state index is 0.00398. The fraction of sp³-hybridized carbons (Fsp3) is 0.188. The molecule has 2 N–H and O–H groups in total.